The quantitative estimate of drug-likeness (QED) is 0.266. The van der Waals surface area contributed by atoms with E-state index in [-0.39, 0.29) is 24.8 Å². The third-order valence-electron chi connectivity index (χ3n) is 8.61. The molecule has 2 aromatic heterocycles. The number of fused-ring (bicyclic) bond motifs is 6. The molecular weight excluding hydrogens is 488 g/mol. The topological polar surface area (TPSA) is 78.4 Å². The molecule has 0 saturated heterocycles. The molecule has 2 atom stereocenters. The van der Waals surface area contributed by atoms with Crippen molar-refractivity contribution in [2.75, 3.05) is 14.2 Å². The summed E-state index contributed by atoms with van der Waals surface area (Å²) in [5, 5.41) is 0. The molecule has 2 aliphatic rings. The zero-order chi connectivity index (χ0) is 27.0. The molecule has 0 radical (unpaired) electrons. The molecule has 0 saturated carbocycles. The molecule has 0 aliphatic heterocycles. The minimum Gasteiger partial charge on any atom is -0.469 e. The fourth-order valence-electron chi connectivity index (χ4n) is 6.96. The van der Waals surface area contributed by atoms with E-state index in [0.717, 1.165) is 44.8 Å². The van der Waals surface area contributed by atoms with Gasteiger partial charge in [0.15, 0.2) is 0 Å². The normalized spacial score (nSPS) is 19.9. The number of carbonyl (C=O) groups is 2. The molecular formula is C33H30N2O4. The second-order valence-electron chi connectivity index (χ2n) is 10.4. The van der Waals surface area contributed by atoms with Gasteiger partial charge in [0, 0.05) is 47.2 Å². The molecule has 6 heteroatoms. The Morgan fingerprint density at radius 3 is 1.46 bits per heavy atom. The predicted octanol–water partition coefficient (Wildman–Crippen LogP) is 6.01. The van der Waals surface area contributed by atoms with Gasteiger partial charge in [0.2, 0.25) is 0 Å². The molecule has 39 heavy (non-hydrogen) atoms. The molecule has 2 aromatic carbocycles. The van der Waals surface area contributed by atoms with E-state index in [1.54, 1.807) is 0 Å². The third-order valence-corrected chi connectivity index (χ3v) is 8.61. The second kappa shape index (κ2) is 9.77. The maximum Gasteiger partial charge on any atom is 0.305 e. The van der Waals surface area contributed by atoms with Crippen LogP contribution in [0.15, 0.2) is 85.2 Å². The maximum absolute atomic E-state index is 12.6. The average molecular weight is 519 g/mol. The Kier molecular flexibility index (Phi) is 6.26. The van der Waals surface area contributed by atoms with Gasteiger partial charge in [-0.2, -0.15) is 0 Å². The predicted molar refractivity (Wildman–Crippen MR) is 148 cm³/mol. The minimum atomic E-state index is -0.547. The highest BCUT2D eigenvalue weighted by atomic mass is 16.5. The van der Waals surface area contributed by atoms with Crippen molar-refractivity contribution in [2.45, 2.75) is 42.9 Å². The van der Waals surface area contributed by atoms with Crippen LogP contribution in [0.1, 0.15) is 54.4 Å². The molecule has 6 rings (SSSR count). The highest BCUT2D eigenvalue weighted by Gasteiger charge is 2.53. The smallest absolute Gasteiger partial charge is 0.305 e. The molecule has 4 aromatic rings. The fraction of sp³-hybridized carbons (Fsp3) is 0.273. The minimum absolute atomic E-state index is 0.248. The summed E-state index contributed by atoms with van der Waals surface area (Å²) >= 11 is 0. The van der Waals surface area contributed by atoms with Gasteiger partial charge in [-0.25, -0.2) is 0 Å². The standard InChI is InChI=1S/C33H30N2O4/c1-38-28(36)15-17-32(24-11-5-3-9-22(24)30-26(32)13-7-19-34-30)21-33(18-16-29(37)39-2)25-12-6-4-10-23(25)31-27(33)14-8-20-35-31/h3-14,19-20H,15-18,21H2,1-2H3. The molecule has 196 valence electrons. The Bertz CT molecular complexity index is 1370. The first-order chi connectivity index (χ1) is 19.0. The Morgan fingerprint density at radius 1 is 0.615 bits per heavy atom. The lowest BCUT2D eigenvalue weighted by Gasteiger charge is -2.42. The number of esters is 2. The van der Waals surface area contributed by atoms with Crippen LogP contribution in [0.2, 0.25) is 0 Å². The van der Waals surface area contributed by atoms with Crippen molar-refractivity contribution in [1.82, 2.24) is 9.97 Å². The summed E-state index contributed by atoms with van der Waals surface area (Å²) in [6.07, 6.45) is 5.90. The molecule has 6 nitrogen and oxygen atoms in total. The summed E-state index contributed by atoms with van der Waals surface area (Å²) in [6, 6.07) is 24.9. The van der Waals surface area contributed by atoms with Gasteiger partial charge in [0.25, 0.3) is 0 Å². The van der Waals surface area contributed by atoms with Crippen molar-refractivity contribution in [3.63, 3.8) is 0 Å². The molecule has 2 heterocycles. The molecule has 0 spiro atoms. The maximum atomic E-state index is 12.6. The summed E-state index contributed by atoms with van der Waals surface area (Å²) in [6.45, 7) is 0. The van der Waals surface area contributed by atoms with Gasteiger partial charge in [-0.3, -0.25) is 19.6 Å². The Morgan fingerprint density at radius 2 is 1.03 bits per heavy atom. The van der Waals surface area contributed by atoms with Crippen LogP contribution in [0, 0.1) is 0 Å². The van der Waals surface area contributed by atoms with Gasteiger partial charge in [-0.1, -0.05) is 60.7 Å². The molecule has 2 aliphatic carbocycles. The van der Waals surface area contributed by atoms with Crippen LogP contribution in [-0.2, 0) is 29.9 Å². The number of pyridine rings is 2. The summed E-state index contributed by atoms with van der Waals surface area (Å²) in [5.41, 5.74) is 7.45. The van der Waals surface area contributed by atoms with Crippen molar-refractivity contribution < 1.29 is 19.1 Å². The summed E-state index contributed by atoms with van der Waals surface area (Å²) in [7, 11) is 2.86. The van der Waals surface area contributed by atoms with Crippen LogP contribution in [0.5, 0.6) is 0 Å². The van der Waals surface area contributed by atoms with Crippen molar-refractivity contribution in [1.29, 1.82) is 0 Å². The van der Waals surface area contributed by atoms with E-state index in [9.17, 15) is 9.59 Å². The monoisotopic (exact) mass is 518 g/mol. The first-order valence-corrected chi connectivity index (χ1v) is 13.3. The van der Waals surface area contributed by atoms with Crippen LogP contribution in [0.4, 0.5) is 0 Å². The Balaban J connectivity index is 1.62. The van der Waals surface area contributed by atoms with Crippen LogP contribution in [-0.4, -0.2) is 36.1 Å². The number of nitrogens with zero attached hydrogens (tertiary/aromatic N) is 2. The lowest BCUT2D eigenvalue weighted by atomic mass is 9.60. The Hall–Kier alpha value is -4.32. The van der Waals surface area contributed by atoms with E-state index in [4.69, 9.17) is 19.4 Å². The fourth-order valence-corrected chi connectivity index (χ4v) is 6.96. The number of benzene rings is 2. The highest BCUT2D eigenvalue weighted by molar-refractivity contribution is 5.82. The summed E-state index contributed by atoms with van der Waals surface area (Å²) in [4.78, 5) is 34.8. The zero-order valence-electron chi connectivity index (χ0n) is 22.1. The number of ether oxygens (including phenoxy) is 2. The number of hydrogen-bond donors (Lipinski definition) is 0. The van der Waals surface area contributed by atoms with E-state index < -0.39 is 10.8 Å². The Labute approximate surface area is 228 Å². The van der Waals surface area contributed by atoms with Crippen molar-refractivity contribution in [3.8, 4) is 22.5 Å². The highest BCUT2D eigenvalue weighted by Crippen LogP contribution is 2.61. The number of hydrogen-bond acceptors (Lipinski definition) is 6. The average Bonchev–Trinajstić information content (AvgIpc) is 3.43. The van der Waals surface area contributed by atoms with Crippen LogP contribution >= 0.6 is 0 Å². The van der Waals surface area contributed by atoms with Gasteiger partial charge < -0.3 is 9.47 Å². The molecule has 2 unspecified atom stereocenters. The van der Waals surface area contributed by atoms with E-state index in [2.05, 4.69) is 48.5 Å². The van der Waals surface area contributed by atoms with Crippen molar-refractivity contribution in [3.05, 3.63) is 107 Å². The third kappa shape index (κ3) is 3.85. The van der Waals surface area contributed by atoms with E-state index in [1.165, 1.54) is 14.2 Å². The van der Waals surface area contributed by atoms with Gasteiger partial charge >= 0.3 is 11.9 Å². The van der Waals surface area contributed by atoms with Crippen LogP contribution in [0.3, 0.4) is 0 Å². The number of aromatic nitrogens is 2. The second-order valence-corrected chi connectivity index (χ2v) is 10.4. The van der Waals surface area contributed by atoms with Crippen LogP contribution < -0.4 is 0 Å². The largest absolute Gasteiger partial charge is 0.469 e. The lowest BCUT2D eigenvalue weighted by Crippen LogP contribution is -2.38. The van der Waals surface area contributed by atoms with Crippen molar-refractivity contribution in [2.24, 2.45) is 0 Å². The number of carbonyl (C=O) groups excluding carboxylic acids is 2. The van der Waals surface area contributed by atoms with Crippen molar-refractivity contribution >= 4 is 11.9 Å². The van der Waals surface area contributed by atoms with E-state index in [0.29, 0.717) is 19.3 Å². The van der Waals surface area contributed by atoms with E-state index >= 15 is 0 Å². The van der Waals surface area contributed by atoms with E-state index in [1.807, 2.05) is 36.7 Å². The number of methoxy groups -OCH3 is 2. The van der Waals surface area contributed by atoms with Gasteiger partial charge in [-0.15, -0.1) is 0 Å². The molecule has 0 fully saturated rings. The lowest BCUT2D eigenvalue weighted by molar-refractivity contribution is -0.141. The number of rotatable bonds is 8. The van der Waals surface area contributed by atoms with Gasteiger partial charge in [0.05, 0.1) is 25.6 Å². The first-order valence-electron chi connectivity index (χ1n) is 13.3. The SMILES string of the molecule is COC(=O)CCC1(CC2(CCC(=O)OC)c3ccccc3-c3ncccc32)c2ccccc2-c2ncccc21. The summed E-state index contributed by atoms with van der Waals surface area (Å²) < 4.78 is 10.2. The van der Waals surface area contributed by atoms with Gasteiger partial charge in [-0.05, 0) is 53.6 Å². The molecule has 0 N–H and O–H groups in total. The molecule has 0 amide bonds. The first kappa shape index (κ1) is 25.0. The van der Waals surface area contributed by atoms with Crippen LogP contribution in [0.25, 0.3) is 22.5 Å². The summed E-state index contributed by atoms with van der Waals surface area (Å²) in [5.74, 6) is -0.497. The zero-order valence-corrected chi connectivity index (χ0v) is 22.1. The van der Waals surface area contributed by atoms with Gasteiger partial charge in [0.1, 0.15) is 0 Å². The molecule has 0 bridgehead atoms.